The molecule has 1 aliphatic rings. The van der Waals surface area contributed by atoms with Crippen molar-refractivity contribution in [3.63, 3.8) is 0 Å². The van der Waals surface area contributed by atoms with Crippen molar-refractivity contribution in [2.24, 2.45) is 0 Å². The van der Waals surface area contributed by atoms with Crippen LogP contribution in [0.1, 0.15) is 52.0 Å². The zero-order chi connectivity index (χ0) is 15.5. The van der Waals surface area contributed by atoms with Crippen molar-refractivity contribution in [3.8, 4) is 5.75 Å². The first kappa shape index (κ1) is 16.3. The van der Waals surface area contributed by atoms with Crippen LogP contribution < -0.4 is 5.32 Å². The van der Waals surface area contributed by atoms with Crippen LogP contribution in [0.4, 0.5) is 0 Å². The monoisotopic (exact) mass is 290 g/mol. The van der Waals surface area contributed by atoms with Crippen molar-refractivity contribution < 1.29 is 5.11 Å². The Morgan fingerprint density at radius 2 is 2.00 bits per heavy atom. The summed E-state index contributed by atoms with van der Waals surface area (Å²) in [5.74, 6) is 0.374. The number of rotatable bonds is 5. The summed E-state index contributed by atoms with van der Waals surface area (Å²) in [6.07, 6.45) is 4.67. The number of phenolic OH excluding ortho intramolecular Hbond substituents is 1. The Labute approximate surface area is 129 Å². The van der Waals surface area contributed by atoms with E-state index < -0.39 is 0 Å². The Morgan fingerprint density at radius 1 is 1.33 bits per heavy atom. The maximum Gasteiger partial charge on any atom is 0.115 e. The summed E-state index contributed by atoms with van der Waals surface area (Å²) < 4.78 is 0. The highest BCUT2D eigenvalue weighted by molar-refractivity contribution is 5.33. The SMILES string of the molecule is CCN(C)C1(c2cccc(O)c2)CCC(NC(C)C)CC1. The van der Waals surface area contributed by atoms with E-state index in [1.54, 1.807) is 6.07 Å². The molecule has 1 aliphatic carbocycles. The average molecular weight is 290 g/mol. The lowest BCUT2D eigenvalue weighted by Crippen LogP contribution is -2.50. The quantitative estimate of drug-likeness (QED) is 0.871. The van der Waals surface area contributed by atoms with Gasteiger partial charge >= 0.3 is 0 Å². The van der Waals surface area contributed by atoms with E-state index in [9.17, 15) is 5.11 Å². The van der Waals surface area contributed by atoms with Crippen LogP contribution in [-0.4, -0.2) is 35.7 Å². The molecule has 3 heteroatoms. The number of nitrogens with one attached hydrogen (secondary N) is 1. The molecule has 0 unspecified atom stereocenters. The molecule has 0 heterocycles. The van der Waals surface area contributed by atoms with Gasteiger partial charge in [0.15, 0.2) is 0 Å². The molecule has 0 bridgehead atoms. The fourth-order valence-corrected chi connectivity index (χ4v) is 3.72. The molecule has 21 heavy (non-hydrogen) atoms. The molecule has 2 N–H and O–H groups in total. The van der Waals surface area contributed by atoms with E-state index in [0.717, 1.165) is 19.4 Å². The van der Waals surface area contributed by atoms with Crippen molar-refractivity contribution in [1.29, 1.82) is 0 Å². The number of phenols is 1. The van der Waals surface area contributed by atoms with Gasteiger partial charge in [0.2, 0.25) is 0 Å². The molecule has 1 aromatic rings. The Balaban J connectivity index is 2.21. The van der Waals surface area contributed by atoms with E-state index in [0.29, 0.717) is 17.8 Å². The van der Waals surface area contributed by atoms with Crippen molar-refractivity contribution in [3.05, 3.63) is 29.8 Å². The molecule has 0 aliphatic heterocycles. The summed E-state index contributed by atoms with van der Waals surface area (Å²) in [7, 11) is 2.21. The predicted octanol–water partition coefficient (Wildman–Crippen LogP) is 3.48. The Hall–Kier alpha value is -1.06. The van der Waals surface area contributed by atoms with Gasteiger partial charge in [0.25, 0.3) is 0 Å². The highest BCUT2D eigenvalue weighted by Crippen LogP contribution is 2.42. The normalized spacial score (nSPS) is 26.5. The third-order valence-corrected chi connectivity index (χ3v) is 4.97. The molecule has 3 nitrogen and oxygen atoms in total. The van der Waals surface area contributed by atoms with Gasteiger partial charge in [-0.15, -0.1) is 0 Å². The van der Waals surface area contributed by atoms with Gasteiger partial charge in [-0.05, 0) is 57.0 Å². The van der Waals surface area contributed by atoms with Crippen LogP contribution in [0.3, 0.4) is 0 Å². The first-order chi connectivity index (χ1) is 9.98. The minimum atomic E-state index is 0.0721. The zero-order valence-corrected chi connectivity index (χ0v) is 13.9. The molecule has 0 atom stereocenters. The fourth-order valence-electron chi connectivity index (χ4n) is 3.72. The van der Waals surface area contributed by atoms with Crippen LogP contribution in [-0.2, 0) is 5.54 Å². The standard InChI is InChI=1S/C18H30N2O/c1-5-20(4)18(15-7-6-8-17(21)13-15)11-9-16(10-12-18)19-14(2)3/h6-8,13-14,16,19,21H,5,9-12H2,1-4H3. The summed E-state index contributed by atoms with van der Waals surface area (Å²) in [5.41, 5.74) is 1.33. The third-order valence-electron chi connectivity index (χ3n) is 4.97. The van der Waals surface area contributed by atoms with Gasteiger partial charge in [-0.25, -0.2) is 0 Å². The largest absolute Gasteiger partial charge is 0.508 e. The maximum atomic E-state index is 9.85. The fraction of sp³-hybridized carbons (Fsp3) is 0.667. The highest BCUT2D eigenvalue weighted by Gasteiger charge is 2.39. The molecule has 2 rings (SSSR count). The second-order valence-corrected chi connectivity index (χ2v) is 6.69. The molecular weight excluding hydrogens is 260 g/mol. The highest BCUT2D eigenvalue weighted by atomic mass is 16.3. The molecule has 0 aromatic heterocycles. The lowest BCUT2D eigenvalue weighted by molar-refractivity contribution is 0.0652. The molecule has 0 amide bonds. The average Bonchev–Trinajstić information content (AvgIpc) is 2.47. The van der Waals surface area contributed by atoms with Crippen LogP contribution in [0.2, 0.25) is 0 Å². The Kier molecular flexibility index (Phi) is 5.28. The Bertz CT molecular complexity index is 450. The van der Waals surface area contributed by atoms with E-state index in [-0.39, 0.29) is 5.54 Å². The van der Waals surface area contributed by atoms with Crippen molar-refractivity contribution in [2.45, 2.75) is 64.1 Å². The van der Waals surface area contributed by atoms with Gasteiger partial charge in [0, 0.05) is 17.6 Å². The van der Waals surface area contributed by atoms with Crippen molar-refractivity contribution in [1.82, 2.24) is 10.2 Å². The van der Waals surface area contributed by atoms with Gasteiger partial charge in [0.1, 0.15) is 5.75 Å². The van der Waals surface area contributed by atoms with Gasteiger partial charge in [-0.2, -0.15) is 0 Å². The van der Waals surface area contributed by atoms with E-state index in [2.05, 4.69) is 44.1 Å². The number of hydrogen-bond acceptors (Lipinski definition) is 3. The molecule has 0 spiro atoms. The molecule has 1 aromatic carbocycles. The second kappa shape index (κ2) is 6.80. The van der Waals surface area contributed by atoms with Crippen LogP contribution in [0.15, 0.2) is 24.3 Å². The van der Waals surface area contributed by atoms with Gasteiger partial charge in [-0.3, -0.25) is 4.90 Å². The molecule has 1 saturated carbocycles. The zero-order valence-electron chi connectivity index (χ0n) is 13.9. The van der Waals surface area contributed by atoms with Crippen LogP contribution in [0, 0.1) is 0 Å². The van der Waals surface area contributed by atoms with Crippen molar-refractivity contribution >= 4 is 0 Å². The first-order valence-corrected chi connectivity index (χ1v) is 8.24. The lowest BCUT2D eigenvalue weighted by Gasteiger charge is -2.47. The number of nitrogens with zero attached hydrogens (tertiary/aromatic N) is 1. The smallest absolute Gasteiger partial charge is 0.115 e. The van der Waals surface area contributed by atoms with Crippen LogP contribution >= 0.6 is 0 Å². The van der Waals surface area contributed by atoms with E-state index in [1.165, 1.54) is 18.4 Å². The minimum absolute atomic E-state index is 0.0721. The number of aromatic hydroxyl groups is 1. The first-order valence-electron chi connectivity index (χ1n) is 8.24. The predicted molar refractivity (Wildman–Crippen MR) is 88.6 cm³/mol. The number of benzene rings is 1. The lowest BCUT2D eigenvalue weighted by atomic mass is 9.73. The molecule has 118 valence electrons. The summed E-state index contributed by atoms with van der Waals surface area (Å²) in [5, 5.41) is 13.5. The van der Waals surface area contributed by atoms with E-state index in [1.807, 2.05) is 12.1 Å². The molecular formula is C18H30N2O. The minimum Gasteiger partial charge on any atom is -0.508 e. The third kappa shape index (κ3) is 3.58. The maximum absolute atomic E-state index is 9.85. The molecule has 1 fully saturated rings. The second-order valence-electron chi connectivity index (χ2n) is 6.69. The van der Waals surface area contributed by atoms with E-state index in [4.69, 9.17) is 0 Å². The summed E-state index contributed by atoms with van der Waals surface area (Å²) >= 11 is 0. The summed E-state index contributed by atoms with van der Waals surface area (Å²) in [4.78, 5) is 2.45. The Morgan fingerprint density at radius 3 is 2.52 bits per heavy atom. The van der Waals surface area contributed by atoms with Gasteiger partial charge < -0.3 is 10.4 Å². The molecule has 0 radical (unpaired) electrons. The van der Waals surface area contributed by atoms with Crippen LogP contribution in [0.25, 0.3) is 0 Å². The van der Waals surface area contributed by atoms with Gasteiger partial charge in [0.05, 0.1) is 0 Å². The van der Waals surface area contributed by atoms with Crippen LogP contribution in [0.5, 0.6) is 5.75 Å². The number of hydrogen-bond donors (Lipinski definition) is 2. The van der Waals surface area contributed by atoms with Gasteiger partial charge in [-0.1, -0.05) is 32.9 Å². The molecule has 0 saturated heterocycles. The summed E-state index contributed by atoms with van der Waals surface area (Å²) in [6, 6.07) is 9.02. The van der Waals surface area contributed by atoms with Crippen molar-refractivity contribution in [2.75, 3.05) is 13.6 Å². The van der Waals surface area contributed by atoms with E-state index >= 15 is 0 Å². The topological polar surface area (TPSA) is 35.5 Å². The summed E-state index contributed by atoms with van der Waals surface area (Å²) in [6.45, 7) is 7.67.